The van der Waals surface area contributed by atoms with E-state index in [9.17, 15) is 24.3 Å². The molecule has 7 rings (SSSR count). The minimum atomic E-state index is -0.883. The van der Waals surface area contributed by atoms with Crippen LogP contribution in [0.15, 0.2) is 91.5 Å². The third-order valence-corrected chi connectivity index (χ3v) is 11.3. The van der Waals surface area contributed by atoms with E-state index in [1.54, 1.807) is 30.3 Å². The Balaban J connectivity index is 0.859. The maximum atomic E-state index is 13.4. The summed E-state index contributed by atoms with van der Waals surface area (Å²) >= 11 is 1.52. The van der Waals surface area contributed by atoms with Crippen LogP contribution in [0.3, 0.4) is 0 Å². The number of ether oxygens (including phenoxy) is 2. The topological polar surface area (TPSA) is 129 Å². The molecule has 1 saturated heterocycles. The Kier molecular flexibility index (Phi) is 11.3. The number of benzene rings is 3. The molecule has 11 nitrogen and oxygen atoms in total. The Morgan fingerprint density at radius 3 is 2.38 bits per heavy atom. The molecule has 0 radical (unpaired) electrons. The standard InChI is InChI=1S/C43H44N4O7S/c1-27(2)7-8-28(3)41-40(33-15-9-30(49)26-38(33)55-41)54-32-13-11-31(12-14-32)53-24-23-46-21-19-45(20-22-46)18-17-44-35-6-4-5-34-39(35)43(52)47(42(34)51)36-16-10-29(48)25-37(36)50/h4-9,11-15,26,36,44,49H,1,3,10,16-25H2,2H3/b8-7-. The predicted octanol–water partition coefficient (Wildman–Crippen LogP) is 6.94. The van der Waals surface area contributed by atoms with Crippen molar-refractivity contribution in [1.82, 2.24) is 14.7 Å². The molecule has 1 saturated carbocycles. The van der Waals surface area contributed by atoms with Gasteiger partial charge in [-0.3, -0.25) is 33.9 Å². The Morgan fingerprint density at radius 2 is 1.65 bits per heavy atom. The number of fused-ring (bicyclic) bond motifs is 2. The number of carbonyl (C=O) groups is 4. The Morgan fingerprint density at radius 1 is 0.927 bits per heavy atom. The first-order chi connectivity index (χ1) is 26.5. The molecule has 3 aromatic carbocycles. The number of anilines is 1. The highest BCUT2D eigenvalue weighted by Gasteiger charge is 2.45. The molecule has 0 spiro atoms. The second kappa shape index (κ2) is 16.4. The molecule has 4 aromatic rings. The molecule has 12 heteroatoms. The molecule has 0 bridgehead atoms. The van der Waals surface area contributed by atoms with Gasteiger partial charge in [0.2, 0.25) is 0 Å². The van der Waals surface area contributed by atoms with Crippen molar-refractivity contribution in [2.45, 2.75) is 32.2 Å². The summed E-state index contributed by atoms with van der Waals surface area (Å²) in [5, 5.41) is 14.3. The summed E-state index contributed by atoms with van der Waals surface area (Å²) in [4.78, 5) is 57.5. The van der Waals surface area contributed by atoms with Gasteiger partial charge in [-0.05, 0) is 73.5 Å². The number of hydrogen-bond donors (Lipinski definition) is 2. The number of imide groups is 1. The van der Waals surface area contributed by atoms with E-state index in [-0.39, 0.29) is 42.1 Å². The van der Waals surface area contributed by atoms with Gasteiger partial charge in [0.15, 0.2) is 11.5 Å². The lowest BCUT2D eigenvalue weighted by molar-refractivity contribution is -0.132. The first-order valence-electron chi connectivity index (χ1n) is 18.5. The molecule has 2 N–H and O–H groups in total. The van der Waals surface area contributed by atoms with Crippen molar-refractivity contribution >= 4 is 56.1 Å². The van der Waals surface area contributed by atoms with Gasteiger partial charge in [-0.15, -0.1) is 11.3 Å². The highest BCUT2D eigenvalue weighted by atomic mass is 32.1. The van der Waals surface area contributed by atoms with Crippen molar-refractivity contribution in [3.63, 3.8) is 0 Å². The number of amides is 2. The zero-order valence-electron chi connectivity index (χ0n) is 30.8. The van der Waals surface area contributed by atoms with E-state index in [0.29, 0.717) is 35.9 Å². The van der Waals surface area contributed by atoms with E-state index >= 15 is 0 Å². The SMILES string of the molecule is C=C(C)/C=C\C(=C)c1sc2cc(O)ccc2c1Oc1ccc(OCCN2CCN(CCNc3cccc4c3C(=O)N(C3CCC(=O)CC3=O)C4=O)CC2)cc1. The second-order valence-corrected chi connectivity index (χ2v) is 15.2. The molecule has 1 aliphatic carbocycles. The summed E-state index contributed by atoms with van der Waals surface area (Å²) < 4.78 is 13.4. The fraction of sp³-hybridized carbons (Fsp3) is 0.302. The zero-order chi connectivity index (χ0) is 38.6. The summed E-state index contributed by atoms with van der Waals surface area (Å²) in [6.07, 6.45) is 3.97. The van der Waals surface area contributed by atoms with Crippen LogP contribution in [-0.4, -0.2) is 102 Å². The van der Waals surface area contributed by atoms with Gasteiger partial charge in [0.25, 0.3) is 11.8 Å². The van der Waals surface area contributed by atoms with Gasteiger partial charge in [-0.2, -0.15) is 0 Å². The van der Waals surface area contributed by atoms with Crippen molar-refractivity contribution in [2.75, 3.05) is 57.7 Å². The number of thiophene rings is 1. The minimum absolute atomic E-state index is 0.152. The number of Topliss-reactive ketones (excluding diaryl/α,β-unsaturated/α-hetero) is 2. The molecule has 3 heterocycles. The van der Waals surface area contributed by atoms with Gasteiger partial charge in [0.1, 0.15) is 29.6 Å². The molecule has 1 aromatic heterocycles. The highest BCUT2D eigenvalue weighted by Crippen LogP contribution is 2.45. The van der Waals surface area contributed by atoms with Gasteiger partial charge < -0.3 is 19.9 Å². The molecular weight excluding hydrogens is 717 g/mol. The zero-order valence-corrected chi connectivity index (χ0v) is 31.7. The quantitative estimate of drug-likeness (QED) is 0.0793. The van der Waals surface area contributed by atoms with Crippen molar-refractivity contribution in [2.24, 2.45) is 0 Å². The molecule has 55 heavy (non-hydrogen) atoms. The molecule has 2 fully saturated rings. The average molecular weight is 761 g/mol. The van der Waals surface area contributed by atoms with Crippen molar-refractivity contribution < 1.29 is 33.8 Å². The Bertz CT molecular complexity index is 2200. The number of ketones is 2. The summed E-state index contributed by atoms with van der Waals surface area (Å²) in [6, 6.07) is 17.1. The number of allylic oxidation sites excluding steroid dienone is 4. The third kappa shape index (κ3) is 8.41. The molecule has 3 aliphatic rings. The van der Waals surface area contributed by atoms with Gasteiger partial charge in [-0.25, -0.2) is 0 Å². The van der Waals surface area contributed by atoms with E-state index in [4.69, 9.17) is 9.47 Å². The first kappa shape index (κ1) is 37.7. The number of aromatic hydroxyl groups is 1. The molecule has 1 unspecified atom stereocenters. The second-order valence-electron chi connectivity index (χ2n) is 14.1. The van der Waals surface area contributed by atoms with Crippen LogP contribution in [-0.2, 0) is 9.59 Å². The number of rotatable bonds is 14. The van der Waals surface area contributed by atoms with E-state index in [1.165, 1.54) is 11.3 Å². The predicted molar refractivity (Wildman–Crippen MR) is 214 cm³/mol. The normalized spacial score (nSPS) is 18.0. The minimum Gasteiger partial charge on any atom is -0.508 e. The Hall–Kier alpha value is -5.56. The fourth-order valence-electron chi connectivity index (χ4n) is 7.16. The maximum absolute atomic E-state index is 13.4. The van der Waals surface area contributed by atoms with Crippen LogP contribution in [0, 0.1) is 0 Å². The fourth-order valence-corrected chi connectivity index (χ4v) is 8.27. The van der Waals surface area contributed by atoms with Gasteiger partial charge in [-0.1, -0.05) is 36.9 Å². The highest BCUT2D eigenvalue weighted by molar-refractivity contribution is 7.20. The molecule has 284 valence electrons. The van der Waals surface area contributed by atoms with Crippen LogP contribution in [0.4, 0.5) is 5.69 Å². The van der Waals surface area contributed by atoms with Crippen LogP contribution in [0.1, 0.15) is 51.8 Å². The van der Waals surface area contributed by atoms with Crippen LogP contribution < -0.4 is 14.8 Å². The van der Waals surface area contributed by atoms with Crippen LogP contribution >= 0.6 is 11.3 Å². The molecule has 1 atom stereocenters. The lowest BCUT2D eigenvalue weighted by atomic mass is 9.92. The van der Waals surface area contributed by atoms with Gasteiger partial charge in [0.05, 0.1) is 28.5 Å². The van der Waals surface area contributed by atoms with Crippen LogP contribution in [0.25, 0.3) is 15.7 Å². The van der Waals surface area contributed by atoms with E-state index < -0.39 is 17.9 Å². The maximum Gasteiger partial charge on any atom is 0.264 e. The van der Waals surface area contributed by atoms with Gasteiger partial charge >= 0.3 is 0 Å². The van der Waals surface area contributed by atoms with E-state index in [2.05, 4.69) is 28.3 Å². The lowest BCUT2D eigenvalue weighted by Gasteiger charge is -2.34. The van der Waals surface area contributed by atoms with Crippen LogP contribution in [0.2, 0.25) is 0 Å². The summed E-state index contributed by atoms with van der Waals surface area (Å²) in [6.45, 7) is 16.4. The summed E-state index contributed by atoms with van der Waals surface area (Å²) in [7, 11) is 0. The number of piperazine rings is 1. The smallest absolute Gasteiger partial charge is 0.264 e. The first-order valence-corrected chi connectivity index (χ1v) is 19.3. The monoisotopic (exact) mass is 760 g/mol. The molecule has 2 amide bonds. The molecule has 2 aliphatic heterocycles. The largest absolute Gasteiger partial charge is 0.508 e. The molecular formula is C43H44N4O7S. The Labute approximate surface area is 324 Å². The van der Waals surface area contributed by atoms with Crippen molar-refractivity contribution in [1.29, 1.82) is 0 Å². The number of nitrogens with one attached hydrogen (secondary N) is 1. The number of phenolic OH excluding ortho intramolecular Hbond substituents is 1. The third-order valence-electron chi connectivity index (χ3n) is 10.1. The number of hydrogen-bond acceptors (Lipinski definition) is 11. The number of phenols is 1. The summed E-state index contributed by atoms with van der Waals surface area (Å²) in [5.74, 6) is 0.828. The average Bonchev–Trinajstić information content (AvgIpc) is 3.65. The van der Waals surface area contributed by atoms with Gasteiger partial charge in [0, 0.05) is 68.0 Å². The lowest BCUT2D eigenvalue weighted by Crippen LogP contribution is -2.48. The van der Waals surface area contributed by atoms with Crippen LogP contribution in [0.5, 0.6) is 23.0 Å². The van der Waals surface area contributed by atoms with Crippen molar-refractivity contribution in [3.05, 3.63) is 108 Å². The van der Waals surface area contributed by atoms with E-state index in [0.717, 1.165) is 76.0 Å². The number of carbonyl (C=O) groups excluding carboxylic acids is 4. The van der Waals surface area contributed by atoms with E-state index in [1.807, 2.05) is 49.4 Å². The summed E-state index contributed by atoms with van der Waals surface area (Å²) in [5.41, 5.74) is 2.88. The number of nitrogens with zero attached hydrogens (tertiary/aromatic N) is 3. The van der Waals surface area contributed by atoms with Crippen molar-refractivity contribution in [3.8, 4) is 23.0 Å².